The quantitative estimate of drug-likeness (QED) is 0.503. The number of benzene rings is 1. The maximum absolute atomic E-state index is 6.04. The Kier molecular flexibility index (Phi) is 7.92. The second-order valence-corrected chi connectivity index (χ2v) is 6.95. The lowest BCUT2D eigenvalue weighted by Gasteiger charge is -2.16. The number of hydrogen-bond acceptors (Lipinski definition) is 5. The second-order valence-electron chi connectivity index (χ2n) is 6.95. The Morgan fingerprint density at radius 3 is 2.61 bits per heavy atom. The average Bonchev–Trinajstić information content (AvgIpc) is 2.66. The lowest BCUT2D eigenvalue weighted by molar-refractivity contribution is 0.185. The van der Waals surface area contributed by atoms with Gasteiger partial charge < -0.3 is 25.3 Å². The maximum Gasteiger partial charge on any atom is 0.213 e. The van der Waals surface area contributed by atoms with Crippen LogP contribution in [0.3, 0.4) is 0 Å². The lowest BCUT2D eigenvalue weighted by atomic mass is 10.1. The average molecular weight is 386 g/mol. The molecule has 0 saturated carbocycles. The van der Waals surface area contributed by atoms with E-state index in [0.717, 1.165) is 12.0 Å². The molecule has 0 aliphatic rings. The summed E-state index contributed by atoms with van der Waals surface area (Å²) in [6.07, 6.45) is 2.80. The summed E-state index contributed by atoms with van der Waals surface area (Å²) in [5.74, 6) is 2.79. The van der Waals surface area contributed by atoms with Gasteiger partial charge in [0, 0.05) is 18.3 Å². The van der Waals surface area contributed by atoms with Crippen molar-refractivity contribution in [1.29, 1.82) is 0 Å². The summed E-state index contributed by atoms with van der Waals surface area (Å²) in [6, 6.07) is 9.20. The predicted molar refractivity (Wildman–Crippen MR) is 112 cm³/mol. The van der Waals surface area contributed by atoms with Crippen molar-refractivity contribution in [3.63, 3.8) is 0 Å². The normalized spacial score (nSPS) is 12.6. The number of nitrogens with one attached hydrogen (secondary N) is 1. The Morgan fingerprint density at radius 2 is 1.93 bits per heavy atom. The SMILES string of the molecule is COc1ccc(OC)c(NC(N)=NCc2ccnc(OC(C)CC(C)C)c2)c1. The monoisotopic (exact) mass is 386 g/mol. The van der Waals surface area contributed by atoms with E-state index in [1.165, 1.54) is 0 Å². The van der Waals surface area contributed by atoms with Gasteiger partial charge in [-0.15, -0.1) is 0 Å². The van der Waals surface area contributed by atoms with Gasteiger partial charge in [0.2, 0.25) is 5.88 Å². The van der Waals surface area contributed by atoms with E-state index in [2.05, 4.69) is 36.1 Å². The molecule has 2 aromatic rings. The second kappa shape index (κ2) is 10.4. The molecule has 1 atom stereocenters. The van der Waals surface area contributed by atoms with Crippen molar-refractivity contribution in [2.45, 2.75) is 39.8 Å². The van der Waals surface area contributed by atoms with Gasteiger partial charge in [-0.3, -0.25) is 0 Å². The molecule has 0 radical (unpaired) electrons. The van der Waals surface area contributed by atoms with Gasteiger partial charge in [0.15, 0.2) is 5.96 Å². The smallest absolute Gasteiger partial charge is 0.213 e. The van der Waals surface area contributed by atoms with Gasteiger partial charge in [-0.2, -0.15) is 0 Å². The lowest BCUT2D eigenvalue weighted by Crippen LogP contribution is -2.23. The minimum Gasteiger partial charge on any atom is -0.497 e. The third-order valence-electron chi connectivity index (χ3n) is 4.03. The molecular formula is C21H30N4O3. The molecule has 28 heavy (non-hydrogen) atoms. The number of methoxy groups -OCH3 is 2. The van der Waals surface area contributed by atoms with Crippen LogP contribution in [0.1, 0.15) is 32.8 Å². The van der Waals surface area contributed by atoms with Crippen molar-refractivity contribution in [1.82, 2.24) is 4.98 Å². The highest BCUT2D eigenvalue weighted by atomic mass is 16.5. The van der Waals surface area contributed by atoms with Gasteiger partial charge in [0.1, 0.15) is 11.5 Å². The Bertz CT molecular complexity index is 793. The first kappa shape index (κ1) is 21.3. The van der Waals surface area contributed by atoms with Crippen LogP contribution < -0.4 is 25.3 Å². The number of anilines is 1. The summed E-state index contributed by atoms with van der Waals surface area (Å²) in [6.45, 7) is 6.80. The molecule has 0 aliphatic heterocycles. The summed E-state index contributed by atoms with van der Waals surface area (Å²) in [5, 5.41) is 3.05. The van der Waals surface area contributed by atoms with E-state index in [-0.39, 0.29) is 12.1 Å². The van der Waals surface area contributed by atoms with Gasteiger partial charge in [0.05, 0.1) is 32.6 Å². The highest BCUT2D eigenvalue weighted by Crippen LogP contribution is 2.28. The van der Waals surface area contributed by atoms with Crippen molar-refractivity contribution >= 4 is 11.6 Å². The van der Waals surface area contributed by atoms with E-state index < -0.39 is 0 Å². The Balaban J connectivity index is 2.02. The molecule has 1 heterocycles. The number of ether oxygens (including phenoxy) is 3. The van der Waals surface area contributed by atoms with E-state index in [1.54, 1.807) is 32.5 Å². The van der Waals surface area contributed by atoms with E-state index in [9.17, 15) is 0 Å². The van der Waals surface area contributed by atoms with Gasteiger partial charge in [0.25, 0.3) is 0 Å². The molecule has 0 aliphatic carbocycles. The minimum absolute atomic E-state index is 0.110. The molecule has 3 N–H and O–H groups in total. The summed E-state index contributed by atoms with van der Waals surface area (Å²) >= 11 is 0. The van der Waals surface area contributed by atoms with Crippen LogP contribution in [-0.2, 0) is 6.54 Å². The van der Waals surface area contributed by atoms with Crippen molar-refractivity contribution < 1.29 is 14.2 Å². The topological polar surface area (TPSA) is 91.0 Å². The van der Waals surface area contributed by atoms with Crippen molar-refractivity contribution in [3.8, 4) is 17.4 Å². The number of guanidine groups is 1. The van der Waals surface area contributed by atoms with E-state index >= 15 is 0 Å². The molecule has 7 nitrogen and oxygen atoms in total. The molecule has 1 aromatic heterocycles. The van der Waals surface area contributed by atoms with Crippen molar-refractivity contribution in [3.05, 3.63) is 42.1 Å². The number of nitrogens with two attached hydrogens (primary N) is 1. The first-order valence-electron chi connectivity index (χ1n) is 9.31. The number of aromatic nitrogens is 1. The van der Waals surface area contributed by atoms with Crippen LogP contribution in [0, 0.1) is 5.92 Å². The third kappa shape index (κ3) is 6.64. The fourth-order valence-electron chi connectivity index (χ4n) is 2.80. The molecule has 2 rings (SSSR count). The zero-order valence-electron chi connectivity index (χ0n) is 17.2. The van der Waals surface area contributed by atoms with Crippen LogP contribution in [0.2, 0.25) is 0 Å². The summed E-state index contributed by atoms with van der Waals surface area (Å²) in [7, 11) is 3.20. The van der Waals surface area contributed by atoms with Crippen molar-refractivity contribution in [2.24, 2.45) is 16.6 Å². The van der Waals surface area contributed by atoms with Crippen LogP contribution in [-0.4, -0.2) is 31.3 Å². The van der Waals surface area contributed by atoms with Gasteiger partial charge in [-0.05, 0) is 43.0 Å². The summed E-state index contributed by atoms with van der Waals surface area (Å²) in [5.41, 5.74) is 7.68. The number of hydrogen-bond donors (Lipinski definition) is 2. The molecule has 0 fully saturated rings. The highest BCUT2D eigenvalue weighted by molar-refractivity contribution is 5.94. The molecule has 0 spiro atoms. The largest absolute Gasteiger partial charge is 0.497 e. The van der Waals surface area contributed by atoms with Crippen molar-refractivity contribution in [2.75, 3.05) is 19.5 Å². The van der Waals surface area contributed by atoms with Crippen LogP contribution in [0.5, 0.6) is 17.4 Å². The standard InChI is InChI=1S/C21H30N4O3/c1-14(2)10-15(3)28-20-11-16(8-9-23-20)13-24-21(22)25-18-12-17(26-4)6-7-19(18)27-5/h6-9,11-12,14-15H,10,13H2,1-5H3,(H3,22,24,25). The fourth-order valence-corrected chi connectivity index (χ4v) is 2.80. The number of nitrogens with zero attached hydrogens (tertiary/aromatic N) is 2. The first-order chi connectivity index (χ1) is 13.4. The third-order valence-corrected chi connectivity index (χ3v) is 4.03. The first-order valence-corrected chi connectivity index (χ1v) is 9.31. The minimum atomic E-state index is 0.110. The van der Waals surface area contributed by atoms with Crippen LogP contribution >= 0.6 is 0 Å². The molecule has 7 heteroatoms. The van der Waals surface area contributed by atoms with Crippen LogP contribution in [0.25, 0.3) is 0 Å². The molecule has 1 unspecified atom stereocenters. The number of aliphatic imine (C=N–C) groups is 1. The van der Waals surface area contributed by atoms with Crippen LogP contribution in [0.15, 0.2) is 41.5 Å². The zero-order chi connectivity index (χ0) is 20.5. The summed E-state index contributed by atoms with van der Waals surface area (Å²) in [4.78, 5) is 8.67. The molecule has 152 valence electrons. The summed E-state index contributed by atoms with van der Waals surface area (Å²) < 4.78 is 16.5. The molecule has 1 aromatic carbocycles. The van der Waals surface area contributed by atoms with Crippen LogP contribution in [0.4, 0.5) is 5.69 Å². The van der Waals surface area contributed by atoms with E-state index in [0.29, 0.717) is 35.5 Å². The Hall–Kier alpha value is -2.96. The molecule has 0 bridgehead atoms. The Morgan fingerprint density at radius 1 is 1.14 bits per heavy atom. The fraction of sp³-hybridized carbons (Fsp3) is 0.429. The zero-order valence-corrected chi connectivity index (χ0v) is 17.2. The Labute approximate surface area is 166 Å². The molecule has 0 amide bonds. The number of rotatable bonds is 9. The highest BCUT2D eigenvalue weighted by Gasteiger charge is 2.09. The predicted octanol–water partition coefficient (Wildman–Crippen LogP) is 3.84. The van der Waals surface area contributed by atoms with E-state index in [1.807, 2.05) is 18.2 Å². The number of pyridine rings is 1. The van der Waals surface area contributed by atoms with Gasteiger partial charge in [-0.25, -0.2) is 9.98 Å². The molecular weight excluding hydrogens is 356 g/mol. The van der Waals surface area contributed by atoms with Gasteiger partial charge >= 0.3 is 0 Å². The van der Waals surface area contributed by atoms with E-state index in [4.69, 9.17) is 19.9 Å². The van der Waals surface area contributed by atoms with Gasteiger partial charge in [-0.1, -0.05) is 13.8 Å². The maximum atomic E-state index is 6.04. The molecule has 0 saturated heterocycles.